The summed E-state index contributed by atoms with van der Waals surface area (Å²) in [6.45, 7) is 1.91. The maximum Gasteiger partial charge on any atom is 0.416 e. The van der Waals surface area contributed by atoms with Crippen molar-refractivity contribution in [1.29, 1.82) is 0 Å². The van der Waals surface area contributed by atoms with Crippen LogP contribution in [0.2, 0.25) is 0 Å². The Morgan fingerprint density at radius 1 is 1.11 bits per heavy atom. The number of anilines is 3. The summed E-state index contributed by atoms with van der Waals surface area (Å²) in [5.41, 5.74) is 9.58. The zero-order chi connectivity index (χ0) is 25.4. The molecule has 0 aliphatic carbocycles. The molecule has 4 heterocycles. The number of aryl methyl sites for hydroxylation is 1. The SMILES string of the molecule is Cc1csc(-c2cn3ncnc(N)c3c2-c2ccc(NC(=O)Nc3cc(C(F)(F)F)ccn3)cc2)n1. The lowest BCUT2D eigenvalue weighted by molar-refractivity contribution is -0.137. The van der Waals surface area contributed by atoms with E-state index < -0.39 is 17.8 Å². The number of aromatic nitrogens is 5. The molecule has 4 N–H and O–H groups in total. The van der Waals surface area contributed by atoms with E-state index in [9.17, 15) is 18.0 Å². The van der Waals surface area contributed by atoms with Gasteiger partial charge in [0.2, 0.25) is 0 Å². The smallest absolute Gasteiger partial charge is 0.382 e. The number of carbonyl (C=O) groups excluding carboxylic acids is 1. The first-order valence-electron chi connectivity index (χ1n) is 10.4. The standard InChI is InChI=1S/C23H17F3N8OS/c1-12-10-36-21(31-12)16-9-34-19(20(27)29-11-30-34)18(16)13-2-4-15(5-3-13)32-22(35)33-17-8-14(6-7-28-17)23(24,25)26/h2-11H,1H3,(H2,27,29,30)(H2,28,32,33,35). The second kappa shape index (κ2) is 8.92. The van der Waals surface area contributed by atoms with Crippen LogP contribution in [0.4, 0.5) is 35.3 Å². The predicted octanol–water partition coefficient (Wildman–Crippen LogP) is 5.47. The highest BCUT2D eigenvalue weighted by Gasteiger charge is 2.30. The molecular weight excluding hydrogens is 493 g/mol. The van der Waals surface area contributed by atoms with Crippen molar-refractivity contribution in [3.8, 4) is 21.7 Å². The molecule has 0 unspecified atom stereocenters. The van der Waals surface area contributed by atoms with Crippen LogP contribution in [0.15, 0.2) is 60.5 Å². The Kier molecular flexibility index (Phi) is 5.76. The molecule has 1 aromatic carbocycles. The summed E-state index contributed by atoms with van der Waals surface area (Å²) in [6, 6.07) is 7.74. The van der Waals surface area contributed by atoms with Crippen LogP contribution in [0, 0.1) is 6.92 Å². The van der Waals surface area contributed by atoms with Crippen molar-refractivity contribution in [1.82, 2.24) is 24.6 Å². The fourth-order valence-electron chi connectivity index (χ4n) is 3.64. The van der Waals surface area contributed by atoms with Gasteiger partial charge in [-0.05, 0) is 36.8 Å². The molecule has 0 aliphatic heterocycles. The Bertz CT molecular complexity index is 1580. The number of nitrogen functional groups attached to an aromatic ring is 1. The molecule has 0 aliphatic rings. The van der Waals surface area contributed by atoms with Gasteiger partial charge in [0.05, 0.1) is 5.56 Å². The number of urea groups is 1. The van der Waals surface area contributed by atoms with Crippen LogP contribution >= 0.6 is 11.3 Å². The van der Waals surface area contributed by atoms with E-state index in [0.29, 0.717) is 17.0 Å². The van der Waals surface area contributed by atoms with E-state index in [-0.39, 0.29) is 5.82 Å². The number of hydrogen-bond donors (Lipinski definition) is 3. The van der Waals surface area contributed by atoms with E-state index >= 15 is 0 Å². The van der Waals surface area contributed by atoms with Crippen LogP contribution in [0.3, 0.4) is 0 Å². The number of nitrogens with two attached hydrogens (primary N) is 1. The number of carbonyl (C=O) groups is 1. The number of hydrogen-bond acceptors (Lipinski definition) is 7. The Hall–Kier alpha value is -4.52. The van der Waals surface area contributed by atoms with Crippen molar-refractivity contribution in [2.24, 2.45) is 0 Å². The molecule has 5 rings (SSSR count). The van der Waals surface area contributed by atoms with Gasteiger partial charge in [-0.1, -0.05) is 12.1 Å². The average molecular weight is 511 g/mol. The average Bonchev–Trinajstić information content (AvgIpc) is 3.43. The second-order valence-corrected chi connectivity index (χ2v) is 8.59. The quantitative estimate of drug-likeness (QED) is 0.295. The molecule has 0 atom stereocenters. The molecule has 4 aromatic heterocycles. The lowest BCUT2D eigenvalue weighted by Crippen LogP contribution is -2.20. The fraction of sp³-hybridized carbons (Fsp3) is 0.0870. The molecule has 0 bridgehead atoms. The first kappa shape index (κ1) is 23.2. The topological polar surface area (TPSA) is 123 Å². The fourth-order valence-corrected chi connectivity index (χ4v) is 4.45. The number of benzene rings is 1. The van der Waals surface area contributed by atoms with Gasteiger partial charge in [0.15, 0.2) is 5.82 Å². The molecule has 0 radical (unpaired) electrons. The first-order chi connectivity index (χ1) is 17.2. The molecule has 0 saturated heterocycles. The molecule has 2 amide bonds. The molecule has 182 valence electrons. The molecule has 9 nitrogen and oxygen atoms in total. The normalized spacial score (nSPS) is 11.6. The molecule has 0 fully saturated rings. The van der Waals surface area contributed by atoms with E-state index in [1.54, 1.807) is 28.8 Å². The number of thiazole rings is 1. The summed E-state index contributed by atoms with van der Waals surface area (Å²) in [5, 5.41) is 11.9. The van der Waals surface area contributed by atoms with Crippen LogP contribution in [0.5, 0.6) is 0 Å². The second-order valence-electron chi connectivity index (χ2n) is 7.73. The summed E-state index contributed by atoms with van der Waals surface area (Å²) in [5.74, 6) is 0.0766. The minimum Gasteiger partial charge on any atom is -0.382 e. The molecule has 0 spiro atoms. The van der Waals surface area contributed by atoms with Crippen LogP contribution in [0.25, 0.3) is 27.2 Å². The first-order valence-corrected chi connectivity index (χ1v) is 11.3. The van der Waals surface area contributed by atoms with Crippen LogP contribution in [-0.2, 0) is 6.18 Å². The van der Waals surface area contributed by atoms with Crippen molar-refractivity contribution in [3.05, 3.63) is 71.8 Å². The van der Waals surface area contributed by atoms with E-state index in [1.165, 1.54) is 17.7 Å². The van der Waals surface area contributed by atoms with Gasteiger partial charge in [0.1, 0.15) is 22.7 Å². The highest BCUT2D eigenvalue weighted by Crippen LogP contribution is 2.40. The van der Waals surface area contributed by atoms with Crippen LogP contribution < -0.4 is 16.4 Å². The molecule has 13 heteroatoms. The number of nitrogens with one attached hydrogen (secondary N) is 2. The number of rotatable bonds is 4. The third-order valence-electron chi connectivity index (χ3n) is 5.21. The van der Waals surface area contributed by atoms with Crippen molar-refractivity contribution >= 4 is 40.2 Å². The Morgan fingerprint density at radius 2 is 1.89 bits per heavy atom. The summed E-state index contributed by atoms with van der Waals surface area (Å²) in [4.78, 5) is 24.8. The van der Waals surface area contributed by atoms with Crippen molar-refractivity contribution in [2.45, 2.75) is 13.1 Å². The summed E-state index contributed by atoms with van der Waals surface area (Å²) in [7, 11) is 0. The van der Waals surface area contributed by atoms with Gasteiger partial charge in [-0.25, -0.2) is 24.3 Å². The van der Waals surface area contributed by atoms with Gasteiger partial charge < -0.3 is 11.1 Å². The van der Waals surface area contributed by atoms with Gasteiger partial charge in [-0.15, -0.1) is 11.3 Å². The van der Waals surface area contributed by atoms with Gasteiger partial charge >= 0.3 is 12.2 Å². The number of halogens is 3. The minimum atomic E-state index is -4.54. The van der Waals surface area contributed by atoms with Gasteiger partial charge in [0, 0.05) is 40.3 Å². The summed E-state index contributed by atoms with van der Waals surface area (Å²) < 4.78 is 40.3. The molecule has 36 heavy (non-hydrogen) atoms. The number of alkyl halides is 3. The lowest BCUT2D eigenvalue weighted by atomic mass is 10.0. The van der Waals surface area contributed by atoms with Crippen molar-refractivity contribution in [2.75, 3.05) is 16.4 Å². The van der Waals surface area contributed by atoms with E-state index in [2.05, 4.69) is 30.7 Å². The largest absolute Gasteiger partial charge is 0.416 e. The van der Waals surface area contributed by atoms with Crippen molar-refractivity contribution in [3.63, 3.8) is 0 Å². The van der Waals surface area contributed by atoms with Gasteiger partial charge in [-0.2, -0.15) is 18.3 Å². The van der Waals surface area contributed by atoms with E-state index in [0.717, 1.165) is 45.7 Å². The molecule has 0 saturated carbocycles. The number of fused-ring (bicyclic) bond motifs is 1. The van der Waals surface area contributed by atoms with E-state index in [4.69, 9.17) is 5.73 Å². The van der Waals surface area contributed by atoms with Crippen LogP contribution in [0.1, 0.15) is 11.3 Å². The Balaban J connectivity index is 1.41. The van der Waals surface area contributed by atoms with Crippen molar-refractivity contribution < 1.29 is 18.0 Å². The lowest BCUT2D eigenvalue weighted by Gasteiger charge is -2.11. The van der Waals surface area contributed by atoms with Gasteiger partial charge in [0.25, 0.3) is 0 Å². The maximum absolute atomic E-state index is 12.9. The number of nitrogens with zero attached hydrogens (tertiary/aromatic N) is 5. The molecular formula is C23H17F3N8OS. The Morgan fingerprint density at radius 3 is 2.58 bits per heavy atom. The predicted molar refractivity (Wildman–Crippen MR) is 131 cm³/mol. The van der Waals surface area contributed by atoms with Gasteiger partial charge in [-0.3, -0.25) is 5.32 Å². The zero-order valence-corrected chi connectivity index (χ0v) is 19.4. The Labute approximate surface area is 205 Å². The molecule has 5 aromatic rings. The summed E-state index contributed by atoms with van der Waals surface area (Å²) >= 11 is 1.49. The monoisotopic (exact) mass is 510 g/mol. The number of amides is 2. The third-order valence-corrected chi connectivity index (χ3v) is 6.21. The highest BCUT2D eigenvalue weighted by atomic mass is 32.1. The maximum atomic E-state index is 12.9. The zero-order valence-electron chi connectivity index (χ0n) is 18.5. The van der Waals surface area contributed by atoms with E-state index in [1.807, 2.05) is 18.5 Å². The minimum absolute atomic E-state index is 0.224. The van der Waals surface area contributed by atoms with Crippen LogP contribution in [-0.4, -0.2) is 30.6 Å². The summed E-state index contributed by atoms with van der Waals surface area (Å²) in [6.07, 6.45) is -0.359. The third kappa shape index (κ3) is 4.55. The number of pyridine rings is 1. The highest BCUT2D eigenvalue weighted by molar-refractivity contribution is 7.13.